The van der Waals surface area contributed by atoms with Gasteiger partial charge in [0.15, 0.2) is 0 Å². The fourth-order valence-corrected chi connectivity index (χ4v) is 2.43. The van der Waals surface area contributed by atoms with E-state index in [1.807, 2.05) is 0 Å². The highest BCUT2D eigenvalue weighted by atomic mass is 16.1. The molecule has 0 bridgehead atoms. The van der Waals surface area contributed by atoms with E-state index in [1.54, 1.807) is 6.20 Å². The molecule has 2 aliphatic carbocycles. The molecular formula is C11H11N3O. The van der Waals surface area contributed by atoms with E-state index in [0.717, 1.165) is 30.5 Å². The predicted molar refractivity (Wildman–Crippen MR) is 53.9 cm³/mol. The molecule has 0 saturated carbocycles. The molecule has 0 atom stereocenters. The number of aromatic nitrogens is 3. The number of allylic oxidation sites excluding steroid dienone is 2. The highest BCUT2D eigenvalue weighted by Gasteiger charge is 2.26. The van der Waals surface area contributed by atoms with Gasteiger partial charge in [-0.3, -0.25) is 4.79 Å². The summed E-state index contributed by atoms with van der Waals surface area (Å²) < 4.78 is 0. The minimum Gasteiger partial charge on any atom is -0.299 e. The lowest BCUT2D eigenvalue weighted by atomic mass is 10.1. The number of carbonyl (C=O) groups excluding carboxylic acids is 1. The molecule has 0 fully saturated rings. The van der Waals surface area contributed by atoms with E-state index in [-0.39, 0.29) is 0 Å². The van der Waals surface area contributed by atoms with Crippen LogP contribution in [-0.2, 0) is 11.2 Å². The molecule has 2 aliphatic rings. The topological polar surface area (TPSA) is 55.7 Å². The molecule has 0 amide bonds. The Labute approximate surface area is 87.4 Å². The molecule has 1 aromatic heterocycles. The van der Waals surface area contributed by atoms with Gasteiger partial charge in [0.1, 0.15) is 5.78 Å². The second kappa shape index (κ2) is 3.22. The third-order valence-electron chi connectivity index (χ3n) is 3.12. The van der Waals surface area contributed by atoms with Crippen molar-refractivity contribution in [3.8, 4) is 0 Å². The van der Waals surface area contributed by atoms with E-state index >= 15 is 0 Å². The van der Waals surface area contributed by atoms with Crippen molar-refractivity contribution >= 4 is 11.4 Å². The Bertz CT molecular complexity index is 465. The average Bonchev–Trinajstić information content (AvgIpc) is 2.46. The summed E-state index contributed by atoms with van der Waals surface area (Å²) in [5.41, 5.74) is 4.61. The summed E-state index contributed by atoms with van der Waals surface area (Å²) in [7, 11) is 0. The molecule has 4 nitrogen and oxygen atoms in total. The first-order chi connectivity index (χ1) is 7.34. The molecule has 15 heavy (non-hydrogen) atoms. The van der Waals surface area contributed by atoms with Crippen LogP contribution in [0.5, 0.6) is 0 Å². The van der Waals surface area contributed by atoms with E-state index in [9.17, 15) is 4.79 Å². The van der Waals surface area contributed by atoms with Crippen molar-refractivity contribution < 1.29 is 4.79 Å². The predicted octanol–water partition coefficient (Wildman–Crippen LogP) is 1.32. The van der Waals surface area contributed by atoms with Gasteiger partial charge in [-0.05, 0) is 30.0 Å². The van der Waals surface area contributed by atoms with E-state index in [4.69, 9.17) is 0 Å². The lowest BCUT2D eigenvalue weighted by Crippen LogP contribution is -1.99. The third-order valence-corrected chi connectivity index (χ3v) is 3.12. The van der Waals surface area contributed by atoms with Gasteiger partial charge in [0, 0.05) is 18.4 Å². The van der Waals surface area contributed by atoms with Gasteiger partial charge in [-0.2, -0.15) is 0 Å². The molecular weight excluding hydrogens is 190 g/mol. The first-order valence-corrected chi connectivity index (χ1v) is 5.25. The zero-order chi connectivity index (χ0) is 10.3. The second-order valence-corrected chi connectivity index (χ2v) is 4.14. The smallest absolute Gasteiger partial charge is 0.136 e. The Morgan fingerprint density at radius 2 is 2.13 bits per heavy atom. The Hall–Kier alpha value is -1.58. The average molecular weight is 201 g/mol. The number of nitrogens with zero attached hydrogens (tertiary/aromatic N) is 3. The largest absolute Gasteiger partial charge is 0.299 e. The maximum absolute atomic E-state index is 11.5. The van der Waals surface area contributed by atoms with Gasteiger partial charge in [-0.15, -0.1) is 10.2 Å². The van der Waals surface area contributed by atoms with Crippen molar-refractivity contribution in [3.05, 3.63) is 23.0 Å². The standard InChI is InChI=1S/C11H11N3O/c15-9-2-1-3-10-7(5-9)4-8-6-12-14-13-11(8)10/h6H,1-5H2. The normalized spacial score (nSPS) is 19.9. The van der Waals surface area contributed by atoms with Crippen LogP contribution < -0.4 is 0 Å². The number of rotatable bonds is 0. The Morgan fingerprint density at radius 1 is 1.20 bits per heavy atom. The Balaban J connectivity index is 2.05. The highest BCUT2D eigenvalue weighted by molar-refractivity contribution is 5.87. The number of hydrogen-bond acceptors (Lipinski definition) is 4. The summed E-state index contributed by atoms with van der Waals surface area (Å²) in [6.45, 7) is 0. The van der Waals surface area contributed by atoms with Gasteiger partial charge < -0.3 is 0 Å². The van der Waals surface area contributed by atoms with Crippen LogP contribution in [0.1, 0.15) is 36.9 Å². The van der Waals surface area contributed by atoms with Crippen LogP contribution in [0.3, 0.4) is 0 Å². The quantitative estimate of drug-likeness (QED) is 0.635. The van der Waals surface area contributed by atoms with E-state index in [1.165, 1.54) is 11.1 Å². The molecule has 0 aliphatic heterocycles. The number of Topliss-reactive ketones (excluding diaryl/α,β-unsaturated/α-hetero) is 1. The molecule has 1 heterocycles. The lowest BCUT2D eigenvalue weighted by molar-refractivity contribution is -0.118. The molecule has 0 N–H and O–H groups in total. The van der Waals surface area contributed by atoms with Crippen LogP contribution in [0.15, 0.2) is 11.8 Å². The summed E-state index contributed by atoms with van der Waals surface area (Å²) in [5, 5.41) is 11.5. The lowest BCUT2D eigenvalue weighted by Gasteiger charge is -2.00. The maximum atomic E-state index is 11.5. The zero-order valence-corrected chi connectivity index (χ0v) is 8.36. The Kier molecular flexibility index (Phi) is 1.87. The Morgan fingerprint density at radius 3 is 3.07 bits per heavy atom. The maximum Gasteiger partial charge on any atom is 0.136 e. The molecule has 0 radical (unpaired) electrons. The summed E-state index contributed by atoms with van der Waals surface area (Å²) in [5.74, 6) is 0.355. The molecule has 0 unspecified atom stereocenters. The highest BCUT2D eigenvalue weighted by Crippen LogP contribution is 2.37. The first kappa shape index (κ1) is 8.71. The van der Waals surface area contributed by atoms with Gasteiger partial charge in [-0.1, -0.05) is 5.57 Å². The van der Waals surface area contributed by atoms with Crippen molar-refractivity contribution in [1.82, 2.24) is 15.4 Å². The van der Waals surface area contributed by atoms with Gasteiger partial charge >= 0.3 is 0 Å². The van der Waals surface area contributed by atoms with E-state index in [2.05, 4.69) is 15.4 Å². The molecule has 1 aromatic rings. The van der Waals surface area contributed by atoms with Crippen molar-refractivity contribution in [2.75, 3.05) is 0 Å². The summed E-state index contributed by atoms with van der Waals surface area (Å²) in [6, 6.07) is 0. The summed E-state index contributed by atoms with van der Waals surface area (Å²) >= 11 is 0. The molecule has 4 heteroatoms. The van der Waals surface area contributed by atoms with Gasteiger partial charge in [0.2, 0.25) is 0 Å². The van der Waals surface area contributed by atoms with Gasteiger partial charge in [0.05, 0.1) is 11.9 Å². The molecule has 0 saturated heterocycles. The van der Waals surface area contributed by atoms with Crippen molar-refractivity contribution in [2.45, 2.75) is 32.1 Å². The van der Waals surface area contributed by atoms with Crippen molar-refractivity contribution in [1.29, 1.82) is 0 Å². The van der Waals surface area contributed by atoms with Crippen LogP contribution in [0.25, 0.3) is 5.57 Å². The van der Waals surface area contributed by atoms with Crippen LogP contribution >= 0.6 is 0 Å². The summed E-state index contributed by atoms with van der Waals surface area (Å²) in [6.07, 6.45) is 5.83. The molecule has 0 spiro atoms. The van der Waals surface area contributed by atoms with Crippen LogP contribution in [-0.4, -0.2) is 21.2 Å². The van der Waals surface area contributed by atoms with E-state index < -0.39 is 0 Å². The minimum atomic E-state index is 0.355. The number of carbonyl (C=O) groups is 1. The molecule has 0 aromatic carbocycles. The van der Waals surface area contributed by atoms with Crippen molar-refractivity contribution in [3.63, 3.8) is 0 Å². The zero-order valence-electron chi connectivity index (χ0n) is 8.36. The SMILES string of the molecule is O=C1CCCC2=C(C1)Cc1cnnnc12. The number of fused-ring (bicyclic) bond motifs is 2. The monoisotopic (exact) mass is 201 g/mol. The summed E-state index contributed by atoms with van der Waals surface area (Å²) in [4.78, 5) is 11.5. The fraction of sp³-hybridized carbons (Fsp3) is 0.455. The van der Waals surface area contributed by atoms with Crippen molar-refractivity contribution in [2.24, 2.45) is 0 Å². The van der Waals surface area contributed by atoms with Crippen LogP contribution in [0, 0.1) is 0 Å². The number of ketones is 1. The second-order valence-electron chi connectivity index (χ2n) is 4.14. The first-order valence-electron chi connectivity index (χ1n) is 5.25. The van der Waals surface area contributed by atoms with Crippen LogP contribution in [0.4, 0.5) is 0 Å². The number of hydrogen-bond donors (Lipinski definition) is 0. The molecule has 3 rings (SSSR count). The fourth-order valence-electron chi connectivity index (χ4n) is 2.43. The third kappa shape index (κ3) is 1.37. The minimum absolute atomic E-state index is 0.355. The van der Waals surface area contributed by atoms with Gasteiger partial charge in [0.25, 0.3) is 0 Å². The van der Waals surface area contributed by atoms with E-state index in [0.29, 0.717) is 18.6 Å². The van der Waals surface area contributed by atoms with Crippen LogP contribution in [0.2, 0.25) is 0 Å². The molecule has 76 valence electrons. The van der Waals surface area contributed by atoms with Gasteiger partial charge in [-0.25, -0.2) is 0 Å².